The van der Waals surface area contributed by atoms with Gasteiger partial charge in [-0.3, -0.25) is 38.5 Å². The first kappa shape index (κ1) is 58.9. The minimum atomic E-state index is -1.96. The lowest BCUT2D eigenvalue weighted by atomic mass is 9.87. The van der Waals surface area contributed by atoms with Crippen LogP contribution in [0.15, 0.2) is 72.8 Å². The first-order valence-electron chi connectivity index (χ1n) is 26.4. The van der Waals surface area contributed by atoms with Gasteiger partial charge in [0.25, 0.3) is 0 Å². The Morgan fingerprint density at radius 1 is 0.720 bits per heavy atom. The Kier molecular flexibility index (Phi) is 17.1. The topological polar surface area (TPSA) is 347 Å². The molecule has 23 heteroatoms. The number of primary amides is 1. The van der Waals surface area contributed by atoms with E-state index in [1.165, 1.54) is 56.5 Å². The summed E-state index contributed by atoms with van der Waals surface area (Å²) in [5, 5.41) is 62.1. The van der Waals surface area contributed by atoms with Crippen molar-refractivity contribution in [2.24, 2.45) is 11.7 Å². The molecule has 5 aliphatic heterocycles. The predicted molar refractivity (Wildman–Crippen MR) is 296 cm³/mol. The number of aliphatic hydroxyl groups is 1. The number of aldehydes is 1. The van der Waals surface area contributed by atoms with Crippen molar-refractivity contribution in [3.05, 3.63) is 117 Å². The van der Waals surface area contributed by atoms with Crippen molar-refractivity contribution in [1.82, 2.24) is 36.8 Å². The largest absolute Gasteiger partial charge is 0.508 e. The standard InChI is InChI=1S/C59H66N8O15/c1-25(2)16-38(67(7)8)55(75)66-50-52(73)32-12-15-42(27(4)18-32)82-44-21-33-20-43(53(44)80-9)81-41-14-11-30(17-26(41)3)28(5)47-56(76)62-37(24-68)34-22-40(70)29(6)51(72)46(34)35-19-31(10-13-39(35)69)48(57(77)63-47)65-58(78)49(33)64-54(74)36(23-45(60)71)61-59(50)79/h10-15,17-22,24-25,28,36-38,47-50,52,69-70,72-73H,16,23H2,1-9H3,(H2,60,71)(H,61,79)(H,62,76)(H,63,77)(H,64,74)(H,65,78)(H,66,75). The lowest BCUT2D eigenvalue weighted by Gasteiger charge is -2.32. The number of carbonyl (C=O) groups excluding carboxylic acids is 8. The van der Waals surface area contributed by atoms with E-state index in [0.29, 0.717) is 29.4 Å². The van der Waals surface area contributed by atoms with Crippen LogP contribution in [0.5, 0.6) is 46.0 Å². The maximum Gasteiger partial charge on any atom is 0.248 e. The van der Waals surface area contributed by atoms with E-state index in [1.54, 1.807) is 58.0 Å². The number of nitrogens with two attached hydrogens (primary N) is 1. The Labute approximate surface area is 471 Å². The van der Waals surface area contributed by atoms with Gasteiger partial charge in [-0.2, -0.15) is 0 Å². The molecule has 0 fully saturated rings. The molecule has 82 heavy (non-hydrogen) atoms. The summed E-state index contributed by atoms with van der Waals surface area (Å²) in [5.41, 5.74) is 6.42. The summed E-state index contributed by atoms with van der Waals surface area (Å²) in [5.74, 6) is -9.41. The van der Waals surface area contributed by atoms with E-state index in [0.717, 1.165) is 12.1 Å². The molecule has 23 nitrogen and oxygen atoms in total. The number of aliphatic hydroxyl groups excluding tert-OH is 1. The first-order chi connectivity index (χ1) is 38.8. The predicted octanol–water partition coefficient (Wildman–Crippen LogP) is 3.84. The molecule has 5 heterocycles. The number of carbonyl (C=O) groups is 8. The van der Waals surface area contributed by atoms with E-state index in [-0.39, 0.29) is 73.6 Å². The highest BCUT2D eigenvalue weighted by molar-refractivity contribution is 6.00. The summed E-state index contributed by atoms with van der Waals surface area (Å²) >= 11 is 0. The first-order valence-corrected chi connectivity index (χ1v) is 26.4. The van der Waals surface area contributed by atoms with Crippen LogP contribution in [0, 0.1) is 26.7 Å². The third kappa shape index (κ3) is 12.0. The second kappa shape index (κ2) is 23.9. The second-order valence-corrected chi connectivity index (χ2v) is 21.5. The molecule has 0 saturated carbocycles. The van der Waals surface area contributed by atoms with Gasteiger partial charge >= 0.3 is 0 Å². The maximum absolute atomic E-state index is 15.6. The summed E-state index contributed by atoms with van der Waals surface area (Å²) < 4.78 is 19.1. The fourth-order valence-corrected chi connectivity index (χ4v) is 10.4. The Balaban J connectivity index is 1.37. The van der Waals surface area contributed by atoms with Crippen molar-refractivity contribution in [2.75, 3.05) is 21.2 Å². The van der Waals surface area contributed by atoms with Gasteiger partial charge in [0.1, 0.15) is 77.4 Å². The zero-order valence-corrected chi connectivity index (χ0v) is 46.5. The SMILES string of the molecule is COc1c2cc3cc1Oc1ccc(cc1C)C(O)C(NC(=O)C(CC(C)C)N(C)C)C(=O)NC(CC(N)=O)C(=O)NC3C(=O)NC1C(=O)NC(C(=O)NC(C=O)c3cc(O)c(C)c(O)c3-c3cc1ccc3O)C(C)c1ccc(c(C)c1)O2. The minimum Gasteiger partial charge on any atom is -0.508 e. The monoisotopic (exact) mass is 1130 g/mol. The number of nitrogens with zero attached hydrogens (tertiary/aromatic N) is 1. The number of methoxy groups -OCH3 is 1. The molecule has 12 N–H and O–H groups in total. The number of rotatable bonds is 9. The van der Waals surface area contributed by atoms with Crippen molar-refractivity contribution >= 4 is 47.6 Å². The molecule has 10 rings (SSSR count). The van der Waals surface area contributed by atoms with Gasteiger partial charge in [-0.05, 0) is 135 Å². The van der Waals surface area contributed by atoms with Crippen LogP contribution in [-0.2, 0) is 38.4 Å². The summed E-state index contributed by atoms with van der Waals surface area (Å²) in [7, 11) is 4.69. The van der Waals surface area contributed by atoms with E-state index >= 15 is 14.4 Å². The Bertz CT molecular complexity index is 3420. The highest BCUT2D eigenvalue weighted by Gasteiger charge is 2.41. The molecule has 5 aromatic carbocycles. The highest BCUT2D eigenvalue weighted by atomic mass is 16.5. The third-order valence-corrected chi connectivity index (χ3v) is 15.0. The maximum atomic E-state index is 15.6. The van der Waals surface area contributed by atoms with Gasteiger partial charge in [-0.1, -0.05) is 45.0 Å². The van der Waals surface area contributed by atoms with Crippen LogP contribution in [0.4, 0.5) is 0 Å². The van der Waals surface area contributed by atoms with Crippen LogP contribution in [0.2, 0.25) is 0 Å². The number of fused-ring (bicyclic) bond motifs is 15. The number of hydrogen-bond donors (Lipinski definition) is 11. The second-order valence-electron chi connectivity index (χ2n) is 21.5. The van der Waals surface area contributed by atoms with Crippen molar-refractivity contribution in [3.63, 3.8) is 0 Å². The summed E-state index contributed by atoms with van der Waals surface area (Å²) in [6, 6.07) is 5.49. The van der Waals surface area contributed by atoms with Gasteiger partial charge in [0.15, 0.2) is 11.5 Å². The van der Waals surface area contributed by atoms with Crippen LogP contribution in [0.3, 0.4) is 0 Å². The lowest BCUT2D eigenvalue weighted by Crippen LogP contribution is -2.59. The molecule has 9 unspecified atom stereocenters. The summed E-state index contributed by atoms with van der Waals surface area (Å²) in [6.45, 7) is 10.2. The average Bonchev–Trinajstić information content (AvgIpc) is 3.50. The van der Waals surface area contributed by atoms with Gasteiger partial charge in [-0.25, -0.2) is 0 Å². The smallest absolute Gasteiger partial charge is 0.248 e. The number of nitrogens with one attached hydrogen (secondary N) is 6. The molecular weight excluding hydrogens is 1060 g/mol. The molecule has 5 aliphatic rings. The van der Waals surface area contributed by atoms with Crippen molar-refractivity contribution in [3.8, 4) is 57.1 Å². The van der Waals surface area contributed by atoms with Crippen LogP contribution in [0.25, 0.3) is 11.1 Å². The van der Waals surface area contributed by atoms with Crippen LogP contribution < -0.4 is 51.8 Å². The average molecular weight is 1130 g/mol. The zero-order valence-electron chi connectivity index (χ0n) is 46.5. The molecule has 5 aromatic rings. The molecular formula is C59H66N8O15. The molecule has 0 spiro atoms. The van der Waals surface area contributed by atoms with E-state index < -0.39 is 119 Å². The van der Waals surface area contributed by atoms with E-state index in [9.17, 15) is 44.4 Å². The molecule has 0 aromatic heterocycles. The van der Waals surface area contributed by atoms with Crippen molar-refractivity contribution in [1.29, 1.82) is 0 Å². The van der Waals surface area contributed by atoms with Crippen molar-refractivity contribution in [2.45, 2.75) is 109 Å². The fourth-order valence-electron chi connectivity index (χ4n) is 10.4. The quantitative estimate of drug-likeness (QED) is 0.0934. The Morgan fingerprint density at radius 3 is 1.89 bits per heavy atom. The van der Waals surface area contributed by atoms with Crippen LogP contribution in [-0.4, -0.2) is 118 Å². The van der Waals surface area contributed by atoms with E-state index in [2.05, 4.69) is 31.9 Å². The summed E-state index contributed by atoms with van der Waals surface area (Å²) in [4.78, 5) is 117. The Morgan fingerprint density at radius 2 is 1.30 bits per heavy atom. The van der Waals surface area contributed by atoms with Gasteiger partial charge in [0, 0.05) is 22.6 Å². The molecule has 7 amide bonds. The minimum absolute atomic E-state index is 0.0189. The summed E-state index contributed by atoms with van der Waals surface area (Å²) in [6.07, 6.45) is -1.97. The molecule has 9 atom stereocenters. The molecule has 0 aliphatic carbocycles. The van der Waals surface area contributed by atoms with Crippen LogP contribution in [0.1, 0.15) is 108 Å². The zero-order chi connectivity index (χ0) is 59.8. The normalized spacial score (nSPS) is 22.2. The lowest BCUT2D eigenvalue weighted by molar-refractivity contribution is -0.138. The molecule has 0 radical (unpaired) electrons. The highest BCUT2D eigenvalue weighted by Crippen LogP contribution is 2.48. The molecule has 432 valence electrons. The molecule has 0 saturated heterocycles. The van der Waals surface area contributed by atoms with Gasteiger partial charge in [0.05, 0.1) is 19.6 Å². The number of aryl methyl sites for hydroxylation is 2. The fraction of sp³-hybridized carbons (Fsp3) is 0.356. The van der Waals surface area contributed by atoms with Gasteiger partial charge in [0.2, 0.25) is 47.1 Å². The number of likely N-dealkylation sites (N-methyl/N-ethyl adjacent to an activating group) is 1. The van der Waals surface area contributed by atoms with Crippen molar-refractivity contribution < 1.29 is 73.0 Å². The van der Waals surface area contributed by atoms with E-state index in [1.807, 2.05) is 13.8 Å². The number of ether oxygens (including phenoxy) is 3. The number of benzene rings is 5. The number of hydrogen-bond acceptors (Lipinski definition) is 16. The van der Waals surface area contributed by atoms with Gasteiger partial charge in [-0.15, -0.1) is 0 Å². The number of aromatic hydroxyl groups is 3. The van der Waals surface area contributed by atoms with E-state index in [4.69, 9.17) is 19.9 Å². The molecule has 11 bridgehead atoms. The third-order valence-electron chi connectivity index (χ3n) is 15.0. The number of phenolic OH excluding ortho intramolecular Hbond substituents is 3. The number of amides is 7. The van der Waals surface area contributed by atoms with Crippen LogP contribution >= 0.6 is 0 Å². The Hall–Kier alpha value is -9.22. The van der Waals surface area contributed by atoms with Gasteiger partial charge < -0.3 is 77.1 Å². The number of phenols is 3.